The second-order valence-electron chi connectivity index (χ2n) is 5.74. The quantitative estimate of drug-likeness (QED) is 0.577. The topological polar surface area (TPSA) is 64.7 Å². The van der Waals surface area contributed by atoms with Crippen LogP contribution in [-0.4, -0.2) is 76.0 Å². The van der Waals surface area contributed by atoms with Crippen molar-refractivity contribution in [2.45, 2.75) is 13.8 Å². The molecule has 0 fully saturated rings. The monoisotopic (exact) mass is 272 g/mol. The third-order valence-electron chi connectivity index (χ3n) is 2.82. The first-order valence-electron chi connectivity index (χ1n) is 6.54. The van der Waals surface area contributed by atoms with Crippen LogP contribution in [0.3, 0.4) is 0 Å². The Labute approximate surface area is 116 Å². The highest BCUT2D eigenvalue weighted by Crippen LogP contribution is 2.14. The number of likely N-dealkylation sites (N-methyl/N-ethyl adjacent to an activating group) is 2. The standard InChI is InChI=1S/C13H28N4O2/c1-13(2,11(18)14-7-9-16(3)4)12(19)15-8-10-17(5)6/h7-10H2,1-6H3,(H,14,18)(H,15,19). The molecule has 0 radical (unpaired) electrons. The lowest BCUT2D eigenvalue weighted by Crippen LogP contribution is -2.49. The molecule has 2 N–H and O–H groups in total. The Morgan fingerprint density at radius 1 is 0.842 bits per heavy atom. The summed E-state index contributed by atoms with van der Waals surface area (Å²) in [6.45, 7) is 5.88. The Morgan fingerprint density at radius 2 is 1.16 bits per heavy atom. The summed E-state index contributed by atoms with van der Waals surface area (Å²) in [6.07, 6.45) is 0. The zero-order valence-electron chi connectivity index (χ0n) is 13.0. The number of amides is 2. The first-order chi connectivity index (χ1) is 8.67. The summed E-state index contributed by atoms with van der Waals surface area (Å²) in [4.78, 5) is 27.9. The van der Waals surface area contributed by atoms with E-state index in [1.807, 2.05) is 38.0 Å². The van der Waals surface area contributed by atoms with E-state index in [0.717, 1.165) is 13.1 Å². The van der Waals surface area contributed by atoms with Crippen molar-refractivity contribution in [1.29, 1.82) is 0 Å². The smallest absolute Gasteiger partial charge is 0.235 e. The van der Waals surface area contributed by atoms with Gasteiger partial charge in [0.05, 0.1) is 0 Å². The van der Waals surface area contributed by atoms with Gasteiger partial charge >= 0.3 is 0 Å². The molecule has 0 aromatic carbocycles. The van der Waals surface area contributed by atoms with Crippen LogP contribution in [0.15, 0.2) is 0 Å². The Hall–Kier alpha value is -1.14. The maximum Gasteiger partial charge on any atom is 0.235 e. The average Bonchev–Trinajstić information content (AvgIpc) is 2.27. The van der Waals surface area contributed by atoms with Crippen molar-refractivity contribution in [3.05, 3.63) is 0 Å². The summed E-state index contributed by atoms with van der Waals surface area (Å²) < 4.78 is 0. The molecule has 0 bridgehead atoms. The molecule has 0 heterocycles. The van der Waals surface area contributed by atoms with Crippen LogP contribution >= 0.6 is 0 Å². The van der Waals surface area contributed by atoms with Crippen molar-refractivity contribution in [1.82, 2.24) is 20.4 Å². The Kier molecular flexibility index (Phi) is 7.63. The highest BCUT2D eigenvalue weighted by atomic mass is 16.2. The van der Waals surface area contributed by atoms with Gasteiger partial charge in [0.2, 0.25) is 11.8 Å². The number of hydrogen-bond donors (Lipinski definition) is 2. The van der Waals surface area contributed by atoms with Crippen molar-refractivity contribution in [3.63, 3.8) is 0 Å². The zero-order chi connectivity index (χ0) is 15.1. The summed E-state index contributed by atoms with van der Waals surface area (Å²) in [7, 11) is 7.74. The number of nitrogens with one attached hydrogen (secondary N) is 2. The second-order valence-corrected chi connectivity index (χ2v) is 5.74. The van der Waals surface area contributed by atoms with E-state index < -0.39 is 5.41 Å². The van der Waals surface area contributed by atoms with E-state index in [4.69, 9.17) is 0 Å². The third-order valence-corrected chi connectivity index (χ3v) is 2.82. The number of carbonyl (C=O) groups is 2. The van der Waals surface area contributed by atoms with E-state index in [-0.39, 0.29) is 11.8 Å². The number of rotatable bonds is 8. The van der Waals surface area contributed by atoms with Gasteiger partial charge in [-0.1, -0.05) is 0 Å². The molecule has 19 heavy (non-hydrogen) atoms. The van der Waals surface area contributed by atoms with E-state index in [9.17, 15) is 9.59 Å². The molecule has 0 saturated heterocycles. The highest BCUT2D eigenvalue weighted by molar-refractivity contribution is 6.04. The predicted octanol–water partition coefficient (Wildman–Crippen LogP) is -0.632. The fourth-order valence-electron chi connectivity index (χ4n) is 1.33. The van der Waals surface area contributed by atoms with Crippen LogP contribution < -0.4 is 10.6 Å². The van der Waals surface area contributed by atoms with Gasteiger partial charge in [-0.25, -0.2) is 0 Å². The summed E-state index contributed by atoms with van der Waals surface area (Å²) in [5, 5.41) is 5.57. The van der Waals surface area contributed by atoms with Crippen LogP contribution in [0.1, 0.15) is 13.8 Å². The van der Waals surface area contributed by atoms with E-state index in [1.165, 1.54) is 0 Å². The Balaban J connectivity index is 4.18. The molecule has 0 rings (SSSR count). The first-order valence-corrected chi connectivity index (χ1v) is 6.54. The molecule has 0 saturated carbocycles. The van der Waals surface area contributed by atoms with Gasteiger partial charge in [0.25, 0.3) is 0 Å². The van der Waals surface area contributed by atoms with Crippen molar-refractivity contribution in [2.24, 2.45) is 5.41 Å². The lowest BCUT2D eigenvalue weighted by Gasteiger charge is -2.23. The van der Waals surface area contributed by atoms with Crippen molar-refractivity contribution in [2.75, 3.05) is 54.4 Å². The van der Waals surface area contributed by atoms with Crippen LogP contribution in [-0.2, 0) is 9.59 Å². The summed E-state index contributed by atoms with van der Waals surface area (Å²) in [5.74, 6) is -0.478. The molecule has 0 aliphatic rings. The Morgan fingerprint density at radius 3 is 1.42 bits per heavy atom. The van der Waals surface area contributed by atoms with Gasteiger partial charge in [-0.05, 0) is 42.0 Å². The molecule has 2 amide bonds. The van der Waals surface area contributed by atoms with Gasteiger partial charge in [-0.15, -0.1) is 0 Å². The molecule has 0 atom stereocenters. The largest absolute Gasteiger partial charge is 0.354 e. The highest BCUT2D eigenvalue weighted by Gasteiger charge is 2.35. The van der Waals surface area contributed by atoms with Crippen LogP contribution in [0.25, 0.3) is 0 Å². The van der Waals surface area contributed by atoms with Crippen LogP contribution in [0.2, 0.25) is 0 Å². The van der Waals surface area contributed by atoms with Gasteiger partial charge in [0.1, 0.15) is 5.41 Å². The lowest BCUT2D eigenvalue weighted by molar-refractivity contribution is -0.141. The van der Waals surface area contributed by atoms with E-state index in [0.29, 0.717) is 13.1 Å². The maximum absolute atomic E-state index is 12.0. The maximum atomic E-state index is 12.0. The molecule has 0 spiro atoms. The number of nitrogens with zero attached hydrogens (tertiary/aromatic N) is 2. The zero-order valence-corrected chi connectivity index (χ0v) is 13.0. The molecular formula is C13H28N4O2. The minimum atomic E-state index is -1.04. The Bertz CT molecular complexity index is 273. The molecule has 0 aromatic heterocycles. The van der Waals surface area contributed by atoms with Gasteiger partial charge in [0.15, 0.2) is 0 Å². The van der Waals surface area contributed by atoms with E-state index in [2.05, 4.69) is 10.6 Å². The fourth-order valence-corrected chi connectivity index (χ4v) is 1.33. The van der Waals surface area contributed by atoms with E-state index >= 15 is 0 Å². The first kappa shape index (κ1) is 17.9. The molecule has 6 nitrogen and oxygen atoms in total. The second kappa shape index (κ2) is 8.12. The lowest BCUT2D eigenvalue weighted by atomic mass is 9.91. The molecule has 6 heteroatoms. The molecule has 112 valence electrons. The molecule has 0 aliphatic carbocycles. The van der Waals surface area contributed by atoms with E-state index in [1.54, 1.807) is 13.8 Å². The van der Waals surface area contributed by atoms with Crippen LogP contribution in [0, 0.1) is 5.41 Å². The minimum Gasteiger partial charge on any atom is -0.354 e. The van der Waals surface area contributed by atoms with Gasteiger partial charge in [0, 0.05) is 26.2 Å². The summed E-state index contributed by atoms with van der Waals surface area (Å²) in [5.41, 5.74) is -1.04. The third kappa shape index (κ3) is 7.12. The molecular weight excluding hydrogens is 244 g/mol. The molecule has 0 aliphatic heterocycles. The minimum absolute atomic E-state index is 0.239. The van der Waals surface area contributed by atoms with Gasteiger partial charge in [-0.3, -0.25) is 9.59 Å². The molecule has 0 unspecified atom stereocenters. The normalized spacial score (nSPS) is 11.8. The number of carbonyl (C=O) groups excluding carboxylic acids is 2. The van der Waals surface area contributed by atoms with Crippen molar-refractivity contribution >= 4 is 11.8 Å². The summed E-state index contributed by atoms with van der Waals surface area (Å²) >= 11 is 0. The average molecular weight is 272 g/mol. The van der Waals surface area contributed by atoms with Crippen LogP contribution in [0.4, 0.5) is 0 Å². The SMILES string of the molecule is CN(C)CCNC(=O)C(C)(C)C(=O)NCCN(C)C. The van der Waals surface area contributed by atoms with Gasteiger partial charge < -0.3 is 20.4 Å². The summed E-state index contributed by atoms with van der Waals surface area (Å²) in [6, 6.07) is 0. The predicted molar refractivity (Wildman–Crippen MR) is 76.9 cm³/mol. The molecule has 0 aromatic rings. The van der Waals surface area contributed by atoms with Crippen LogP contribution in [0.5, 0.6) is 0 Å². The fraction of sp³-hybridized carbons (Fsp3) is 0.846. The van der Waals surface area contributed by atoms with Crippen molar-refractivity contribution in [3.8, 4) is 0 Å². The van der Waals surface area contributed by atoms with Gasteiger partial charge in [-0.2, -0.15) is 0 Å². The number of hydrogen-bond acceptors (Lipinski definition) is 4. The van der Waals surface area contributed by atoms with Crippen molar-refractivity contribution < 1.29 is 9.59 Å².